The van der Waals surface area contributed by atoms with Gasteiger partial charge in [-0.15, -0.1) is 0 Å². The van der Waals surface area contributed by atoms with Crippen LogP contribution in [0.4, 0.5) is 0 Å². The number of hydrogen-bond acceptors (Lipinski definition) is 2. The highest BCUT2D eigenvalue weighted by Crippen LogP contribution is 2.16. The maximum Gasteiger partial charge on any atom is 0.0652 e. The number of rotatable bonds is 2. The molecular formula is C13H17N3. The zero-order chi connectivity index (χ0) is 11.7. The Hall–Kier alpha value is -1.61. The number of benzene rings is 1. The van der Waals surface area contributed by atoms with E-state index in [0.717, 1.165) is 17.1 Å². The molecule has 0 saturated carbocycles. The van der Waals surface area contributed by atoms with E-state index in [-0.39, 0.29) is 0 Å². The molecule has 0 atom stereocenters. The molecule has 1 aromatic carbocycles. The number of nitrogens with zero attached hydrogens (tertiary/aromatic N) is 2. The van der Waals surface area contributed by atoms with Crippen molar-refractivity contribution in [2.45, 2.75) is 27.3 Å². The van der Waals surface area contributed by atoms with E-state index in [2.05, 4.69) is 43.2 Å². The third-order valence-electron chi connectivity index (χ3n) is 2.81. The van der Waals surface area contributed by atoms with Gasteiger partial charge in [0.1, 0.15) is 0 Å². The summed E-state index contributed by atoms with van der Waals surface area (Å²) in [5.41, 5.74) is 11.4. The number of aryl methyl sites for hydroxylation is 3. The summed E-state index contributed by atoms with van der Waals surface area (Å²) in [6, 6.07) is 8.35. The van der Waals surface area contributed by atoms with Crippen LogP contribution in [0.1, 0.15) is 22.5 Å². The summed E-state index contributed by atoms with van der Waals surface area (Å²) in [6.07, 6.45) is 0. The van der Waals surface area contributed by atoms with Gasteiger partial charge in [0.25, 0.3) is 0 Å². The highest BCUT2D eigenvalue weighted by atomic mass is 15.3. The molecular weight excluding hydrogens is 198 g/mol. The molecule has 0 amide bonds. The quantitative estimate of drug-likeness (QED) is 0.835. The summed E-state index contributed by atoms with van der Waals surface area (Å²) in [5.74, 6) is 0. The van der Waals surface area contributed by atoms with E-state index < -0.39 is 0 Å². The molecule has 0 bridgehead atoms. The first-order valence-electron chi connectivity index (χ1n) is 5.45. The minimum atomic E-state index is 0.568. The fourth-order valence-electron chi connectivity index (χ4n) is 1.90. The first kappa shape index (κ1) is 10.9. The smallest absolute Gasteiger partial charge is 0.0652 e. The summed E-state index contributed by atoms with van der Waals surface area (Å²) in [6.45, 7) is 6.70. The van der Waals surface area contributed by atoms with Gasteiger partial charge in [0.15, 0.2) is 0 Å². The van der Waals surface area contributed by atoms with Crippen LogP contribution in [0.15, 0.2) is 24.3 Å². The lowest BCUT2D eigenvalue weighted by atomic mass is 10.1. The number of hydrogen-bond donors (Lipinski definition) is 1. The summed E-state index contributed by atoms with van der Waals surface area (Å²) in [4.78, 5) is 0. The molecule has 2 aromatic rings. The van der Waals surface area contributed by atoms with Gasteiger partial charge in [-0.3, -0.25) is 0 Å². The molecule has 0 aliphatic carbocycles. The topological polar surface area (TPSA) is 43.8 Å². The third kappa shape index (κ3) is 1.86. The molecule has 0 radical (unpaired) electrons. The Kier molecular flexibility index (Phi) is 2.79. The molecule has 0 saturated heterocycles. The predicted octanol–water partition coefficient (Wildman–Crippen LogP) is 2.26. The SMILES string of the molecule is Cc1cc(C)n(-c2ccc(C)c(CN)c2)n1. The van der Waals surface area contributed by atoms with E-state index in [0.29, 0.717) is 6.54 Å². The normalized spacial score (nSPS) is 10.8. The molecule has 1 aromatic heterocycles. The molecule has 3 heteroatoms. The molecule has 1 heterocycles. The largest absolute Gasteiger partial charge is 0.326 e. The van der Waals surface area contributed by atoms with E-state index in [1.807, 2.05) is 11.6 Å². The van der Waals surface area contributed by atoms with Crippen molar-refractivity contribution in [3.05, 3.63) is 46.8 Å². The van der Waals surface area contributed by atoms with Crippen molar-refractivity contribution < 1.29 is 0 Å². The Morgan fingerprint density at radius 2 is 1.94 bits per heavy atom. The standard InChI is InChI=1S/C13H17N3/c1-9-4-5-13(7-12(9)8-14)16-11(3)6-10(2)15-16/h4-7H,8,14H2,1-3H3. The minimum Gasteiger partial charge on any atom is -0.326 e. The second-order valence-electron chi connectivity index (χ2n) is 4.15. The highest BCUT2D eigenvalue weighted by Gasteiger charge is 2.05. The predicted molar refractivity (Wildman–Crippen MR) is 65.7 cm³/mol. The molecule has 0 fully saturated rings. The lowest BCUT2D eigenvalue weighted by molar-refractivity contribution is 0.830. The van der Waals surface area contributed by atoms with E-state index in [9.17, 15) is 0 Å². The monoisotopic (exact) mass is 215 g/mol. The molecule has 3 nitrogen and oxygen atoms in total. The summed E-state index contributed by atoms with van der Waals surface area (Å²) in [5, 5.41) is 4.46. The lowest BCUT2D eigenvalue weighted by Crippen LogP contribution is -2.04. The van der Waals surface area contributed by atoms with Crippen molar-refractivity contribution >= 4 is 0 Å². The van der Waals surface area contributed by atoms with Crippen molar-refractivity contribution in [2.75, 3.05) is 0 Å². The van der Waals surface area contributed by atoms with E-state index in [1.165, 1.54) is 11.1 Å². The fourth-order valence-corrected chi connectivity index (χ4v) is 1.90. The van der Waals surface area contributed by atoms with Crippen molar-refractivity contribution in [1.82, 2.24) is 9.78 Å². The van der Waals surface area contributed by atoms with Crippen LogP contribution in [0.25, 0.3) is 5.69 Å². The maximum atomic E-state index is 5.71. The first-order chi connectivity index (χ1) is 7.61. The van der Waals surface area contributed by atoms with E-state index in [1.54, 1.807) is 0 Å². The Balaban J connectivity index is 2.52. The molecule has 0 aliphatic rings. The van der Waals surface area contributed by atoms with Gasteiger partial charge < -0.3 is 5.73 Å². The van der Waals surface area contributed by atoms with E-state index >= 15 is 0 Å². The Bertz CT molecular complexity index is 512. The van der Waals surface area contributed by atoms with Crippen molar-refractivity contribution in [3.63, 3.8) is 0 Å². The second kappa shape index (κ2) is 4.10. The molecule has 0 aliphatic heterocycles. The number of aromatic nitrogens is 2. The molecule has 84 valence electrons. The van der Waals surface area contributed by atoms with Crippen LogP contribution >= 0.6 is 0 Å². The van der Waals surface area contributed by atoms with Gasteiger partial charge in [0.2, 0.25) is 0 Å². The van der Waals surface area contributed by atoms with Crippen LogP contribution in [0, 0.1) is 20.8 Å². The average molecular weight is 215 g/mol. The maximum absolute atomic E-state index is 5.71. The molecule has 16 heavy (non-hydrogen) atoms. The van der Waals surface area contributed by atoms with Gasteiger partial charge in [-0.25, -0.2) is 4.68 Å². The average Bonchev–Trinajstić information content (AvgIpc) is 2.59. The van der Waals surface area contributed by atoms with Gasteiger partial charge in [0.05, 0.1) is 11.4 Å². The van der Waals surface area contributed by atoms with Crippen LogP contribution in [0.3, 0.4) is 0 Å². The minimum absolute atomic E-state index is 0.568. The first-order valence-corrected chi connectivity index (χ1v) is 5.45. The summed E-state index contributed by atoms with van der Waals surface area (Å²) < 4.78 is 1.95. The Labute approximate surface area is 95.9 Å². The van der Waals surface area contributed by atoms with Crippen molar-refractivity contribution in [1.29, 1.82) is 0 Å². The highest BCUT2D eigenvalue weighted by molar-refractivity contribution is 5.40. The lowest BCUT2D eigenvalue weighted by Gasteiger charge is -2.08. The molecule has 0 unspecified atom stereocenters. The van der Waals surface area contributed by atoms with E-state index in [4.69, 9.17) is 5.73 Å². The van der Waals surface area contributed by atoms with Gasteiger partial charge in [-0.2, -0.15) is 5.10 Å². The second-order valence-corrected chi connectivity index (χ2v) is 4.15. The zero-order valence-electron chi connectivity index (χ0n) is 9.99. The van der Waals surface area contributed by atoms with Gasteiger partial charge in [0, 0.05) is 12.2 Å². The van der Waals surface area contributed by atoms with Crippen LogP contribution in [0.5, 0.6) is 0 Å². The molecule has 2 N–H and O–H groups in total. The number of nitrogens with two attached hydrogens (primary N) is 1. The van der Waals surface area contributed by atoms with Gasteiger partial charge in [-0.1, -0.05) is 6.07 Å². The van der Waals surface area contributed by atoms with Crippen LogP contribution in [-0.2, 0) is 6.54 Å². The third-order valence-corrected chi connectivity index (χ3v) is 2.81. The van der Waals surface area contributed by atoms with Gasteiger partial charge in [-0.05, 0) is 50.1 Å². The van der Waals surface area contributed by atoms with Crippen molar-refractivity contribution in [2.24, 2.45) is 5.73 Å². The van der Waals surface area contributed by atoms with Crippen molar-refractivity contribution in [3.8, 4) is 5.69 Å². The van der Waals surface area contributed by atoms with Gasteiger partial charge >= 0.3 is 0 Å². The zero-order valence-corrected chi connectivity index (χ0v) is 9.99. The Morgan fingerprint density at radius 1 is 1.19 bits per heavy atom. The Morgan fingerprint density at radius 3 is 2.50 bits per heavy atom. The summed E-state index contributed by atoms with van der Waals surface area (Å²) in [7, 11) is 0. The van der Waals surface area contributed by atoms with Crippen LogP contribution in [-0.4, -0.2) is 9.78 Å². The van der Waals surface area contributed by atoms with Crippen LogP contribution < -0.4 is 5.73 Å². The summed E-state index contributed by atoms with van der Waals surface area (Å²) >= 11 is 0. The fraction of sp³-hybridized carbons (Fsp3) is 0.308. The molecule has 2 rings (SSSR count). The molecule has 0 spiro atoms. The van der Waals surface area contributed by atoms with Crippen LogP contribution in [0.2, 0.25) is 0 Å².